The van der Waals surface area contributed by atoms with E-state index in [1.54, 1.807) is 18.2 Å². The highest BCUT2D eigenvalue weighted by atomic mass is 35.5. The number of hydrogen-bond donors (Lipinski definition) is 1. The average Bonchev–Trinajstić information content (AvgIpc) is 2.85. The molecule has 0 unspecified atom stereocenters. The number of rotatable bonds is 10. The highest BCUT2D eigenvalue weighted by molar-refractivity contribution is 7.92. The van der Waals surface area contributed by atoms with Crippen LogP contribution in [-0.2, 0) is 29.6 Å². The fraction of sp³-hybridized carbons (Fsp3) is 0.346. The minimum Gasteiger partial charge on any atom is -0.491 e. The molecule has 0 saturated carbocycles. The van der Waals surface area contributed by atoms with Crippen LogP contribution in [0.3, 0.4) is 0 Å². The first-order chi connectivity index (χ1) is 18.0. The maximum Gasteiger partial charge on any atom is 0.263 e. The van der Waals surface area contributed by atoms with Gasteiger partial charge >= 0.3 is 0 Å². The summed E-state index contributed by atoms with van der Waals surface area (Å²) in [5.74, 6) is 0.715. The average molecular weight is 600 g/mol. The molecule has 0 aliphatic carbocycles. The third-order valence-corrected chi connectivity index (χ3v) is 8.60. The Morgan fingerprint density at radius 2 is 1.87 bits per heavy atom. The number of likely N-dealkylation sites (N-methyl/N-ethyl adjacent to an activating group) is 2. The van der Waals surface area contributed by atoms with Crippen molar-refractivity contribution in [3.8, 4) is 11.6 Å². The maximum absolute atomic E-state index is 13.3. The number of nitrogens with one attached hydrogen (secondary N) is 1. The first-order valence-electron chi connectivity index (χ1n) is 11.9. The lowest BCUT2D eigenvalue weighted by Gasteiger charge is -2.26. The second-order valence-corrected chi connectivity index (χ2v) is 12.1. The van der Waals surface area contributed by atoms with Gasteiger partial charge in [0.2, 0.25) is 5.88 Å². The number of ether oxygens (including phenoxy) is 2. The van der Waals surface area contributed by atoms with Gasteiger partial charge in [0.05, 0.1) is 20.8 Å². The Labute approximate surface area is 238 Å². The van der Waals surface area contributed by atoms with Crippen molar-refractivity contribution in [3.63, 3.8) is 0 Å². The van der Waals surface area contributed by atoms with Gasteiger partial charge in [0.25, 0.3) is 10.0 Å². The zero-order chi connectivity index (χ0) is 27.4. The second-order valence-electron chi connectivity index (χ2n) is 9.30. The van der Waals surface area contributed by atoms with E-state index in [2.05, 4.69) is 9.62 Å². The van der Waals surface area contributed by atoms with Gasteiger partial charge in [-0.05, 0) is 62.6 Å². The Balaban J connectivity index is 1.61. The summed E-state index contributed by atoms with van der Waals surface area (Å²) in [6.45, 7) is 2.83. The van der Waals surface area contributed by atoms with Gasteiger partial charge in [0.15, 0.2) is 0 Å². The van der Waals surface area contributed by atoms with Crippen molar-refractivity contribution < 1.29 is 17.9 Å². The van der Waals surface area contributed by atoms with Crippen molar-refractivity contribution in [2.75, 3.05) is 45.6 Å². The van der Waals surface area contributed by atoms with E-state index in [4.69, 9.17) is 49.3 Å². The molecule has 1 aliphatic heterocycles. The quantitative estimate of drug-likeness (QED) is 0.336. The number of hydrogen-bond acceptors (Lipinski definition) is 7. The van der Waals surface area contributed by atoms with Gasteiger partial charge in [0.1, 0.15) is 29.5 Å². The molecule has 1 aromatic heterocycles. The van der Waals surface area contributed by atoms with Crippen LogP contribution in [0.4, 0.5) is 5.69 Å². The summed E-state index contributed by atoms with van der Waals surface area (Å²) in [7, 11) is 1.85. The van der Waals surface area contributed by atoms with Crippen molar-refractivity contribution >= 4 is 50.5 Å². The first-order valence-corrected chi connectivity index (χ1v) is 14.5. The monoisotopic (exact) mass is 598 g/mol. The molecule has 8 nitrogen and oxygen atoms in total. The summed E-state index contributed by atoms with van der Waals surface area (Å²) in [6, 6.07) is 11.6. The van der Waals surface area contributed by atoms with Crippen LogP contribution in [0.5, 0.6) is 11.6 Å². The van der Waals surface area contributed by atoms with E-state index < -0.39 is 10.0 Å². The molecule has 1 N–H and O–H groups in total. The SMILES string of the molecule is CN(C)CCOc1cc(COc2nc3c(cc2NS(=O)(=O)c2cccc(Cl)c2Cl)CN(C)CC3)ccc1Cl. The summed E-state index contributed by atoms with van der Waals surface area (Å²) in [5, 5.41) is 0.579. The molecule has 0 spiro atoms. The van der Waals surface area contributed by atoms with Gasteiger partial charge in [-0.2, -0.15) is 0 Å². The number of fused-ring (bicyclic) bond motifs is 1. The largest absolute Gasteiger partial charge is 0.491 e. The predicted molar refractivity (Wildman–Crippen MR) is 151 cm³/mol. The zero-order valence-corrected chi connectivity index (χ0v) is 24.4. The first kappa shape index (κ1) is 28.7. The van der Waals surface area contributed by atoms with E-state index in [0.29, 0.717) is 23.9 Å². The normalized spacial score (nSPS) is 13.9. The Bertz CT molecular complexity index is 1420. The van der Waals surface area contributed by atoms with Gasteiger partial charge in [-0.3, -0.25) is 4.72 Å². The lowest BCUT2D eigenvalue weighted by atomic mass is 10.1. The van der Waals surface area contributed by atoms with E-state index in [0.717, 1.165) is 36.3 Å². The minimum atomic E-state index is -4.08. The molecule has 0 bridgehead atoms. The lowest BCUT2D eigenvalue weighted by molar-refractivity contribution is 0.259. The number of halogens is 3. The number of benzene rings is 2. The fourth-order valence-electron chi connectivity index (χ4n) is 3.91. The molecule has 2 aromatic carbocycles. The van der Waals surface area contributed by atoms with Crippen molar-refractivity contribution in [1.29, 1.82) is 0 Å². The van der Waals surface area contributed by atoms with Crippen LogP contribution in [0.2, 0.25) is 15.1 Å². The van der Waals surface area contributed by atoms with Crippen LogP contribution in [0.1, 0.15) is 16.8 Å². The third-order valence-electron chi connectivity index (χ3n) is 5.94. The highest BCUT2D eigenvalue weighted by Gasteiger charge is 2.25. The van der Waals surface area contributed by atoms with Crippen LogP contribution in [0, 0.1) is 0 Å². The van der Waals surface area contributed by atoms with Crippen molar-refractivity contribution in [3.05, 3.63) is 74.4 Å². The van der Waals surface area contributed by atoms with E-state index in [1.807, 2.05) is 32.1 Å². The van der Waals surface area contributed by atoms with Gasteiger partial charge in [-0.25, -0.2) is 13.4 Å². The van der Waals surface area contributed by atoms with Gasteiger partial charge < -0.3 is 19.3 Å². The van der Waals surface area contributed by atoms with E-state index in [1.165, 1.54) is 18.2 Å². The van der Waals surface area contributed by atoms with Crippen LogP contribution < -0.4 is 14.2 Å². The molecule has 0 radical (unpaired) electrons. The molecule has 4 rings (SSSR count). The topological polar surface area (TPSA) is 84.0 Å². The Morgan fingerprint density at radius 1 is 1.08 bits per heavy atom. The maximum atomic E-state index is 13.3. The number of pyridine rings is 1. The molecule has 204 valence electrons. The Hall–Kier alpha value is -2.27. The Kier molecular flexibility index (Phi) is 9.28. The molecule has 2 heterocycles. The predicted octanol–water partition coefficient (Wildman–Crippen LogP) is 5.35. The van der Waals surface area contributed by atoms with Crippen LogP contribution in [-0.4, -0.2) is 64.0 Å². The van der Waals surface area contributed by atoms with E-state index in [-0.39, 0.29) is 33.1 Å². The van der Waals surface area contributed by atoms with Crippen LogP contribution in [0.25, 0.3) is 0 Å². The third kappa shape index (κ3) is 7.02. The molecule has 3 aromatic rings. The van der Waals surface area contributed by atoms with Crippen LogP contribution in [0.15, 0.2) is 47.4 Å². The zero-order valence-electron chi connectivity index (χ0n) is 21.3. The van der Waals surface area contributed by atoms with Crippen molar-refractivity contribution in [1.82, 2.24) is 14.8 Å². The van der Waals surface area contributed by atoms with Gasteiger partial charge in [-0.1, -0.05) is 46.9 Å². The lowest BCUT2D eigenvalue weighted by Crippen LogP contribution is -2.28. The van der Waals surface area contributed by atoms with E-state index >= 15 is 0 Å². The molecule has 1 aliphatic rings. The molecular weight excluding hydrogens is 571 g/mol. The molecule has 0 amide bonds. The molecule has 0 saturated heterocycles. The molecule has 12 heteroatoms. The molecule has 38 heavy (non-hydrogen) atoms. The summed E-state index contributed by atoms with van der Waals surface area (Å²) in [5.41, 5.74) is 2.79. The summed E-state index contributed by atoms with van der Waals surface area (Å²) in [4.78, 5) is 8.71. The number of sulfonamides is 1. The number of anilines is 1. The number of aromatic nitrogens is 1. The van der Waals surface area contributed by atoms with Gasteiger partial charge in [-0.15, -0.1) is 0 Å². The smallest absolute Gasteiger partial charge is 0.263 e. The standard InChI is InChI=1S/C26H29Cl3N4O4S/c1-32(2)11-12-36-23-13-17(7-8-19(23)27)16-37-26-22(14-18-15-33(3)10-9-21(18)30-26)31-38(34,35)24-6-4-5-20(28)25(24)29/h4-8,13-14,31H,9-12,15-16H2,1-3H3. The number of nitrogens with zero attached hydrogens (tertiary/aromatic N) is 3. The summed E-state index contributed by atoms with van der Waals surface area (Å²) >= 11 is 18.6. The Morgan fingerprint density at radius 3 is 2.63 bits per heavy atom. The van der Waals surface area contributed by atoms with Gasteiger partial charge in [0, 0.05) is 26.1 Å². The van der Waals surface area contributed by atoms with E-state index in [9.17, 15) is 8.42 Å². The highest BCUT2D eigenvalue weighted by Crippen LogP contribution is 2.34. The minimum absolute atomic E-state index is 0.0576. The van der Waals surface area contributed by atoms with Crippen molar-refractivity contribution in [2.45, 2.75) is 24.5 Å². The summed E-state index contributed by atoms with van der Waals surface area (Å²) < 4.78 is 41.1. The molecular formula is C26H29Cl3N4O4S. The van der Waals surface area contributed by atoms with Crippen molar-refractivity contribution in [2.24, 2.45) is 0 Å². The summed E-state index contributed by atoms with van der Waals surface area (Å²) in [6.07, 6.45) is 0.722. The molecule has 0 fully saturated rings. The second kappa shape index (κ2) is 12.3. The fourth-order valence-corrected chi connectivity index (χ4v) is 5.89. The molecule has 0 atom stereocenters. The van der Waals surface area contributed by atoms with Crippen LogP contribution >= 0.6 is 34.8 Å².